The second-order valence-corrected chi connectivity index (χ2v) is 9.72. The van der Waals surface area contributed by atoms with Gasteiger partial charge in [0.25, 0.3) is 0 Å². The summed E-state index contributed by atoms with van der Waals surface area (Å²) in [6.45, 7) is 5.47. The van der Waals surface area contributed by atoms with Crippen LogP contribution in [0, 0.1) is 19.7 Å². The average Bonchev–Trinajstić information content (AvgIpc) is 2.70. The van der Waals surface area contributed by atoms with Gasteiger partial charge in [-0.05, 0) is 62.7 Å². The third-order valence-corrected chi connectivity index (χ3v) is 7.10. The molecule has 0 aliphatic rings. The van der Waals surface area contributed by atoms with Crippen molar-refractivity contribution in [2.45, 2.75) is 31.1 Å². The zero-order chi connectivity index (χ0) is 21.9. The van der Waals surface area contributed by atoms with Crippen LogP contribution in [0.1, 0.15) is 23.6 Å². The molecule has 1 atom stereocenters. The number of hydrogen-bond acceptors (Lipinski definition) is 3. The molecule has 0 spiro atoms. The molecule has 0 aliphatic heterocycles. The van der Waals surface area contributed by atoms with Crippen molar-refractivity contribution in [2.75, 3.05) is 11.1 Å². The molecule has 3 aromatic carbocycles. The molecule has 1 amide bonds. The van der Waals surface area contributed by atoms with Gasteiger partial charge in [-0.25, -0.2) is 12.8 Å². The summed E-state index contributed by atoms with van der Waals surface area (Å²) in [7, 11) is -3.86. The van der Waals surface area contributed by atoms with Gasteiger partial charge in [0.15, 0.2) is 9.84 Å². The minimum Gasteiger partial charge on any atom is -0.325 e. The van der Waals surface area contributed by atoms with Gasteiger partial charge in [-0.3, -0.25) is 4.79 Å². The average molecular weight is 426 g/mol. The number of nitrogens with one attached hydrogen (secondary N) is 1. The lowest BCUT2D eigenvalue weighted by molar-refractivity contribution is -0.120. The molecule has 4 nitrogen and oxygen atoms in total. The number of aryl methyl sites for hydroxylation is 2. The fourth-order valence-corrected chi connectivity index (χ4v) is 4.99. The summed E-state index contributed by atoms with van der Waals surface area (Å²) >= 11 is 0. The van der Waals surface area contributed by atoms with Gasteiger partial charge in [0.05, 0.1) is 16.1 Å². The zero-order valence-electron chi connectivity index (χ0n) is 17.1. The van der Waals surface area contributed by atoms with Crippen LogP contribution < -0.4 is 5.32 Å². The highest BCUT2D eigenvalue weighted by molar-refractivity contribution is 7.91. The lowest BCUT2D eigenvalue weighted by Gasteiger charge is -2.29. The molecule has 0 heterocycles. The highest BCUT2D eigenvalue weighted by atomic mass is 32.2. The van der Waals surface area contributed by atoms with Crippen LogP contribution in [0.15, 0.2) is 77.7 Å². The molecule has 0 aromatic heterocycles. The van der Waals surface area contributed by atoms with Crippen LogP contribution in [0.25, 0.3) is 0 Å². The smallest absolute Gasteiger partial charge is 0.235 e. The molecule has 30 heavy (non-hydrogen) atoms. The van der Waals surface area contributed by atoms with Crippen molar-refractivity contribution in [2.24, 2.45) is 0 Å². The minimum absolute atomic E-state index is 0.0228. The van der Waals surface area contributed by atoms with E-state index in [1.54, 1.807) is 31.2 Å². The van der Waals surface area contributed by atoms with E-state index in [1.807, 2.05) is 38.1 Å². The third-order valence-electron chi connectivity index (χ3n) is 5.15. The number of amides is 1. The lowest BCUT2D eigenvalue weighted by atomic mass is 9.83. The van der Waals surface area contributed by atoms with Crippen molar-refractivity contribution in [1.82, 2.24) is 0 Å². The van der Waals surface area contributed by atoms with Crippen molar-refractivity contribution in [3.63, 3.8) is 0 Å². The topological polar surface area (TPSA) is 63.2 Å². The van der Waals surface area contributed by atoms with Gasteiger partial charge in [0, 0.05) is 5.69 Å². The first kappa shape index (κ1) is 21.7. The highest BCUT2D eigenvalue weighted by Gasteiger charge is 2.40. The summed E-state index contributed by atoms with van der Waals surface area (Å²) in [5.74, 6) is -1.40. The lowest BCUT2D eigenvalue weighted by Crippen LogP contribution is -2.43. The predicted molar refractivity (Wildman–Crippen MR) is 117 cm³/mol. The molecule has 3 aromatic rings. The predicted octanol–water partition coefficient (Wildman–Crippen LogP) is 4.81. The number of halogens is 1. The van der Waals surface area contributed by atoms with Gasteiger partial charge in [0.1, 0.15) is 5.82 Å². The molecule has 156 valence electrons. The van der Waals surface area contributed by atoms with Crippen molar-refractivity contribution in [3.8, 4) is 0 Å². The largest absolute Gasteiger partial charge is 0.325 e. The minimum atomic E-state index is -3.86. The van der Waals surface area contributed by atoms with Crippen molar-refractivity contribution in [3.05, 3.63) is 95.3 Å². The normalized spacial score (nSPS) is 13.5. The Morgan fingerprint density at radius 1 is 0.867 bits per heavy atom. The number of rotatable bonds is 6. The highest BCUT2D eigenvalue weighted by Crippen LogP contribution is 2.30. The van der Waals surface area contributed by atoms with E-state index in [-0.39, 0.29) is 4.90 Å². The van der Waals surface area contributed by atoms with E-state index >= 15 is 0 Å². The Labute approximate surface area is 176 Å². The number of carbonyl (C=O) groups excluding carboxylic acids is 1. The second-order valence-electron chi connectivity index (χ2n) is 7.73. The summed E-state index contributed by atoms with van der Waals surface area (Å²) in [6, 6.07) is 19.2. The summed E-state index contributed by atoms with van der Waals surface area (Å²) in [5, 5.41) is 2.84. The van der Waals surface area contributed by atoms with Gasteiger partial charge < -0.3 is 5.32 Å². The van der Waals surface area contributed by atoms with E-state index in [0.717, 1.165) is 23.3 Å². The van der Waals surface area contributed by atoms with E-state index in [4.69, 9.17) is 0 Å². The summed E-state index contributed by atoms with van der Waals surface area (Å²) in [6.07, 6.45) is 0. The van der Waals surface area contributed by atoms with E-state index < -0.39 is 32.7 Å². The quantitative estimate of drug-likeness (QED) is 0.577. The van der Waals surface area contributed by atoms with Gasteiger partial charge in [-0.1, -0.05) is 47.5 Å². The maximum Gasteiger partial charge on any atom is 0.235 e. The summed E-state index contributed by atoms with van der Waals surface area (Å²) in [4.78, 5) is 13.3. The fraction of sp³-hybridized carbons (Fsp3) is 0.208. The first-order chi connectivity index (χ1) is 14.1. The van der Waals surface area contributed by atoms with E-state index in [0.29, 0.717) is 11.3 Å². The number of hydrogen-bond donors (Lipinski definition) is 1. The van der Waals surface area contributed by atoms with Crippen molar-refractivity contribution < 1.29 is 17.6 Å². The first-order valence-corrected chi connectivity index (χ1v) is 11.2. The fourth-order valence-electron chi connectivity index (χ4n) is 3.21. The van der Waals surface area contributed by atoms with Crippen molar-refractivity contribution >= 4 is 21.4 Å². The van der Waals surface area contributed by atoms with Crippen LogP contribution in [0.4, 0.5) is 10.1 Å². The van der Waals surface area contributed by atoms with Crippen LogP contribution in [-0.4, -0.2) is 20.1 Å². The van der Waals surface area contributed by atoms with E-state index in [1.165, 1.54) is 12.1 Å². The number of anilines is 1. The third kappa shape index (κ3) is 4.76. The molecule has 0 radical (unpaired) electrons. The summed E-state index contributed by atoms with van der Waals surface area (Å²) < 4.78 is 39.5. The Morgan fingerprint density at radius 2 is 1.37 bits per heavy atom. The maximum atomic E-state index is 13.3. The molecule has 0 aliphatic carbocycles. The molecule has 1 N–H and O–H groups in total. The molecule has 0 bridgehead atoms. The zero-order valence-corrected chi connectivity index (χ0v) is 18.0. The Morgan fingerprint density at radius 3 is 1.90 bits per heavy atom. The van der Waals surface area contributed by atoms with Gasteiger partial charge in [-0.2, -0.15) is 0 Å². The second kappa shape index (κ2) is 8.40. The van der Waals surface area contributed by atoms with Crippen LogP contribution in [0.2, 0.25) is 0 Å². The molecular weight excluding hydrogens is 401 g/mol. The number of sulfone groups is 1. The molecule has 0 saturated heterocycles. The number of carbonyl (C=O) groups is 1. The van der Waals surface area contributed by atoms with Crippen LogP contribution in [0.3, 0.4) is 0 Å². The van der Waals surface area contributed by atoms with Crippen LogP contribution in [0.5, 0.6) is 0 Å². The maximum absolute atomic E-state index is 13.3. The van der Waals surface area contributed by atoms with Gasteiger partial charge >= 0.3 is 0 Å². The van der Waals surface area contributed by atoms with E-state index in [2.05, 4.69) is 5.32 Å². The van der Waals surface area contributed by atoms with Crippen molar-refractivity contribution in [1.29, 1.82) is 0 Å². The standard InChI is InChI=1S/C24H24FNO3S/c1-17-4-8-19(9-5-17)24(3,23(27)26-21-12-6-18(2)7-13-21)16-30(28,29)22-14-10-20(25)11-15-22/h4-15H,16H2,1-3H3,(H,26,27). The number of benzene rings is 3. The van der Waals surface area contributed by atoms with Crippen LogP contribution >= 0.6 is 0 Å². The molecule has 3 rings (SSSR count). The van der Waals surface area contributed by atoms with E-state index in [9.17, 15) is 17.6 Å². The molecule has 1 unspecified atom stereocenters. The SMILES string of the molecule is Cc1ccc(NC(=O)C(C)(CS(=O)(=O)c2ccc(F)cc2)c2ccc(C)cc2)cc1. The molecule has 0 fully saturated rings. The Balaban J connectivity index is 2.00. The Bertz CT molecular complexity index is 1140. The summed E-state index contributed by atoms with van der Waals surface area (Å²) in [5.41, 5.74) is 1.87. The molecular formula is C24H24FNO3S. The monoisotopic (exact) mass is 425 g/mol. The molecule has 0 saturated carbocycles. The van der Waals surface area contributed by atoms with Crippen LogP contribution in [-0.2, 0) is 20.0 Å². The Hall–Kier alpha value is -2.99. The van der Waals surface area contributed by atoms with Gasteiger partial charge in [0.2, 0.25) is 5.91 Å². The Kier molecular flexibility index (Phi) is 6.08. The first-order valence-electron chi connectivity index (χ1n) is 9.54. The van der Waals surface area contributed by atoms with Gasteiger partial charge in [-0.15, -0.1) is 0 Å². The molecule has 6 heteroatoms.